The highest BCUT2D eigenvalue weighted by molar-refractivity contribution is 6.22. The molecule has 1 N–H and O–H groups in total. The van der Waals surface area contributed by atoms with E-state index in [1.165, 1.54) is 29.2 Å². The lowest BCUT2D eigenvalue weighted by molar-refractivity contribution is -0.124. The summed E-state index contributed by atoms with van der Waals surface area (Å²) >= 11 is 0. The highest BCUT2D eigenvalue weighted by Gasteiger charge is 2.46. The molecular weight excluding hydrogens is 413 g/mol. The predicted octanol–water partition coefficient (Wildman–Crippen LogP) is 4.44. The molecule has 7 nitrogen and oxygen atoms in total. The molecule has 1 fully saturated rings. The van der Waals surface area contributed by atoms with Crippen molar-refractivity contribution in [1.29, 1.82) is 0 Å². The quantitative estimate of drug-likeness (QED) is 0.584. The van der Waals surface area contributed by atoms with E-state index in [-0.39, 0.29) is 18.0 Å². The van der Waals surface area contributed by atoms with E-state index in [1.807, 2.05) is 20.8 Å². The first-order valence-electron chi connectivity index (χ1n) is 10.7. The molecule has 3 rings (SSSR count). The molecule has 170 valence electrons. The van der Waals surface area contributed by atoms with Gasteiger partial charge in [0.25, 0.3) is 5.91 Å². The van der Waals surface area contributed by atoms with Crippen LogP contribution in [0.3, 0.4) is 0 Å². The van der Waals surface area contributed by atoms with Crippen LogP contribution in [0.1, 0.15) is 33.6 Å². The Kier molecular flexibility index (Phi) is 7.45. The minimum Gasteiger partial charge on any atom is -0.494 e. The van der Waals surface area contributed by atoms with Gasteiger partial charge in [-0.1, -0.05) is 13.8 Å². The molecule has 1 heterocycles. The lowest BCUT2D eigenvalue weighted by Crippen LogP contribution is -2.39. The van der Waals surface area contributed by atoms with Crippen molar-refractivity contribution >= 4 is 29.2 Å². The number of anilines is 2. The molecule has 0 aliphatic carbocycles. The van der Waals surface area contributed by atoms with Gasteiger partial charge in [0.05, 0.1) is 18.7 Å². The van der Waals surface area contributed by atoms with Crippen molar-refractivity contribution < 1.29 is 23.5 Å². The second kappa shape index (κ2) is 10.3. The third-order valence-corrected chi connectivity index (χ3v) is 5.18. The molecule has 1 aliphatic rings. The van der Waals surface area contributed by atoms with Crippen LogP contribution in [0.5, 0.6) is 5.75 Å². The second-order valence-electron chi connectivity index (χ2n) is 8.03. The molecule has 4 amide bonds. The molecule has 1 aliphatic heterocycles. The van der Waals surface area contributed by atoms with Gasteiger partial charge < -0.3 is 15.0 Å². The van der Waals surface area contributed by atoms with E-state index >= 15 is 0 Å². The molecule has 0 aromatic heterocycles. The van der Waals surface area contributed by atoms with Gasteiger partial charge in [-0.3, -0.25) is 9.59 Å². The van der Waals surface area contributed by atoms with Gasteiger partial charge in [-0.25, -0.2) is 14.1 Å². The first kappa shape index (κ1) is 23.2. The highest BCUT2D eigenvalue weighted by Crippen LogP contribution is 2.28. The van der Waals surface area contributed by atoms with E-state index in [1.54, 1.807) is 24.3 Å². The lowest BCUT2D eigenvalue weighted by Gasteiger charge is -2.22. The van der Waals surface area contributed by atoms with E-state index in [2.05, 4.69) is 5.32 Å². The molecule has 2 aromatic carbocycles. The Morgan fingerprint density at radius 3 is 2.34 bits per heavy atom. The van der Waals surface area contributed by atoms with Gasteiger partial charge in [-0.2, -0.15) is 0 Å². The summed E-state index contributed by atoms with van der Waals surface area (Å²) in [7, 11) is 0. The van der Waals surface area contributed by atoms with Crippen LogP contribution in [-0.2, 0) is 9.59 Å². The van der Waals surface area contributed by atoms with Crippen molar-refractivity contribution in [3.05, 3.63) is 54.3 Å². The molecule has 1 saturated heterocycles. The Balaban J connectivity index is 1.76. The Morgan fingerprint density at radius 2 is 1.75 bits per heavy atom. The number of benzene rings is 2. The molecule has 0 bridgehead atoms. The molecule has 2 aromatic rings. The van der Waals surface area contributed by atoms with E-state index in [9.17, 15) is 18.8 Å². The average Bonchev–Trinajstić information content (AvgIpc) is 2.98. The molecule has 8 heteroatoms. The standard InChI is InChI=1S/C24H28FN3O4/c1-4-32-20-11-7-18(8-12-20)26-22(29)15-21-23(30)28(19-9-5-17(25)6-10-19)24(31)27(21)14-13-16(2)3/h5-12,16,21H,4,13-15H2,1-3H3,(H,26,29)/t21-/m1/s1. The molecule has 32 heavy (non-hydrogen) atoms. The fourth-order valence-electron chi connectivity index (χ4n) is 3.50. The first-order chi connectivity index (χ1) is 15.3. The third-order valence-electron chi connectivity index (χ3n) is 5.18. The molecule has 0 unspecified atom stereocenters. The topological polar surface area (TPSA) is 79.0 Å². The summed E-state index contributed by atoms with van der Waals surface area (Å²) in [5, 5.41) is 2.77. The van der Waals surface area contributed by atoms with Crippen LogP contribution in [0.15, 0.2) is 48.5 Å². The van der Waals surface area contributed by atoms with E-state index in [0.717, 1.165) is 4.90 Å². The van der Waals surface area contributed by atoms with E-state index in [0.29, 0.717) is 36.9 Å². The summed E-state index contributed by atoms with van der Waals surface area (Å²) in [5.74, 6) is -0.327. The summed E-state index contributed by atoms with van der Waals surface area (Å²) < 4.78 is 18.7. The number of rotatable bonds is 9. The van der Waals surface area contributed by atoms with Crippen molar-refractivity contribution in [3.63, 3.8) is 0 Å². The summed E-state index contributed by atoms with van der Waals surface area (Å²) in [6.07, 6.45) is 0.515. The van der Waals surface area contributed by atoms with Gasteiger partial charge >= 0.3 is 6.03 Å². The van der Waals surface area contributed by atoms with Crippen LogP contribution in [-0.4, -0.2) is 41.9 Å². The number of urea groups is 1. The van der Waals surface area contributed by atoms with Crippen LogP contribution in [0.2, 0.25) is 0 Å². The molecule has 0 saturated carbocycles. The SMILES string of the molecule is CCOc1ccc(NC(=O)C[C@@H]2C(=O)N(c3ccc(F)cc3)C(=O)N2CCC(C)C)cc1. The zero-order valence-electron chi connectivity index (χ0n) is 18.5. The minimum absolute atomic E-state index is 0.173. The summed E-state index contributed by atoms with van der Waals surface area (Å²) in [6.45, 7) is 6.82. The number of nitrogens with one attached hydrogen (secondary N) is 1. The molecule has 1 atom stereocenters. The molecular formula is C24H28FN3O4. The number of halogens is 1. The Labute approximate surface area is 187 Å². The van der Waals surface area contributed by atoms with Crippen LogP contribution in [0, 0.1) is 11.7 Å². The van der Waals surface area contributed by atoms with Gasteiger partial charge in [0.2, 0.25) is 5.91 Å². The maximum absolute atomic E-state index is 13.3. The van der Waals surface area contributed by atoms with Crippen molar-refractivity contribution in [3.8, 4) is 5.75 Å². The Hall–Kier alpha value is -3.42. The Bertz CT molecular complexity index is 960. The molecule has 0 radical (unpaired) electrons. The van der Waals surface area contributed by atoms with Gasteiger partial charge in [0.15, 0.2) is 0 Å². The third kappa shape index (κ3) is 5.43. The van der Waals surface area contributed by atoms with Gasteiger partial charge in [-0.05, 0) is 67.8 Å². The zero-order valence-corrected chi connectivity index (χ0v) is 18.5. The van der Waals surface area contributed by atoms with Crippen molar-refractivity contribution in [2.24, 2.45) is 5.92 Å². The van der Waals surface area contributed by atoms with Crippen LogP contribution < -0.4 is 15.0 Å². The normalized spacial score (nSPS) is 16.1. The van der Waals surface area contributed by atoms with Crippen LogP contribution in [0.25, 0.3) is 0 Å². The van der Waals surface area contributed by atoms with Crippen LogP contribution in [0.4, 0.5) is 20.6 Å². The average molecular weight is 442 g/mol. The number of hydrogen-bond acceptors (Lipinski definition) is 4. The maximum atomic E-state index is 13.3. The van der Waals surface area contributed by atoms with Crippen molar-refractivity contribution in [1.82, 2.24) is 4.90 Å². The van der Waals surface area contributed by atoms with E-state index < -0.39 is 23.8 Å². The smallest absolute Gasteiger partial charge is 0.332 e. The maximum Gasteiger partial charge on any atom is 0.332 e. The second-order valence-corrected chi connectivity index (χ2v) is 8.03. The van der Waals surface area contributed by atoms with E-state index in [4.69, 9.17) is 4.74 Å². The fraction of sp³-hybridized carbons (Fsp3) is 0.375. The lowest BCUT2D eigenvalue weighted by atomic mass is 10.1. The van der Waals surface area contributed by atoms with Gasteiger partial charge in [-0.15, -0.1) is 0 Å². The zero-order chi connectivity index (χ0) is 23.3. The summed E-state index contributed by atoms with van der Waals surface area (Å²) in [5.41, 5.74) is 0.852. The van der Waals surface area contributed by atoms with Crippen molar-refractivity contribution in [2.75, 3.05) is 23.4 Å². The predicted molar refractivity (Wildman–Crippen MR) is 120 cm³/mol. The summed E-state index contributed by atoms with van der Waals surface area (Å²) in [4.78, 5) is 41.3. The van der Waals surface area contributed by atoms with Gasteiger partial charge in [0.1, 0.15) is 17.6 Å². The number of amides is 4. The Morgan fingerprint density at radius 1 is 1.09 bits per heavy atom. The highest BCUT2D eigenvalue weighted by atomic mass is 19.1. The minimum atomic E-state index is -0.922. The number of carbonyl (C=O) groups excluding carboxylic acids is 3. The summed E-state index contributed by atoms with van der Waals surface area (Å²) in [6, 6.07) is 10.7. The monoisotopic (exact) mass is 441 g/mol. The number of ether oxygens (including phenoxy) is 1. The number of carbonyl (C=O) groups is 3. The molecule has 0 spiro atoms. The van der Waals surface area contributed by atoms with Crippen molar-refractivity contribution in [2.45, 2.75) is 39.7 Å². The van der Waals surface area contributed by atoms with Gasteiger partial charge in [0, 0.05) is 12.2 Å². The van der Waals surface area contributed by atoms with Crippen LogP contribution >= 0.6 is 0 Å². The largest absolute Gasteiger partial charge is 0.494 e. The fourth-order valence-corrected chi connectivity index (χ4v) is 3.50. The number of hydrogen-bond donors (Lipinski definition) is 1. The number of imide groups is 1. The first-order valence-corrected chi connectivity index (χ1v) is 10.7. The number of nitrogens with zero attached hydrogens (tertiary/aromatic N) is 2.